The van der Waals surface area contributed by atoms with Gasteiger partial charge < -0.3 is 11.5 Å². The molecular formula is C14H21N3O3S. The number of piperidine rings is 1. The molecule has 0 saturated carbocycles. The van der Waals surface area contributed by atoms with Crippen molar-refractivity contribution in [1.82, 2.24) is 4.31 Å². The Morgan fingerprint density at radius 2 is 1.90 bits per heavy atom. The first-order chi connectivity index (χ1) is 9.84. The molecule has 0 unspecified atom stereocenters. The minimum absolute atomic E-state index is 0.167. The van der Waals surface area contributed by atoms with Gasteiger partial charge in [-0.05, 0) is 44.0 Å². The lowest BCUT2D eigenvalue weighted by Crippen LogP contribution is -2.51. The van der Waals surface area contributed by atoms with Crippen LogP contribution in [0.1, 0.15) is 36.5 Å². The third kappa shape index (κ3) is 3.25. The van der Waals surface area contributed by atoms with Crippen LogP contribution in [0.25, 0.3) is 0 Å². The molecule has 4 N–H and O–H groups in total. The molecule has 1 aliphatic rings. The molecule has 1 aromatic rings. The zero-order chi connectivity index (χ0) is 15.6. The number of sulfonamides is 1. The molecule has 0 bridgehead atoms. The van der Waals surface area contributed by atoms with Gasteiger partial charge >= 0.3 is 0 Å². The monoisotopic (exact) mass is 311 g/mol. The molecule has 1 aromatic carbocycles. The highest BCUT2D eigenvalue weighted by molar-refractivity contribution is 7.89. The second-order valence-corrected chi connectivity index (χ2v) is 7.32. The fraction of sp³-hybridized carbons (Fsp3) is 0.500. The maximum atomic E-state index is 12.7. The van der Waals surface area contributed by atoms with Crippen LogP contribution in [-0.2, 0) is 10.0 Å². The van der Waals surface area contributed by atoms with E-state index in [0.717, 1.165) is 19.3 Å². The Labute approximate surface area is 125 Å². The lowest BCUT2D eigenvalue weighted by molar-refractivity contribution is 0.1000. The first-order valence-electron chi connectivity index (χ1n) is 7.01. The van der Waals surface area contributed by atoms with E-state index in [0.29, 0.717) is 6.54 Å². The fourth-order valence-corrected chi connectivity index (χ4v) is 4.46. The van der Waals surface area contributed by atoms with Crippen LogP contribution in [-0.4, -0.2) is 37.3 Å². The van der Waals surface area contributed by atoms with Crippen LogP contribution in [0.2, 0.25) is 0 Å². The van der Waals surface area contributed by atoms with Gasteiger partial charge in [-0.15, -0.1) is 0 Å². The highest BCUT2D eigenvalue weighted by atomic mass is 32.2. The normalized spacial score (nSPS) is 21.9. The van der Waals surface area contributed by atoms with Crippen LogP contribution in [0.15, 0.2) is 29.2 Å². The van der Waals surface area contributed by atoms with Crippen molar-refractivity contribution in [2.45, 2.75) is 43.2 Å². The van der Waals surface area contributed by atoms with Crippen molar-refractivity contribution < 1.29 is 13.2 Å². The molecule has 6 nitrogen and oxygen atoms in total. The maximum Gasteiger partial charge on any atom is 0.248 e. The summed E-state index contributed by atoms with van der Waals surface area (Å²) in [4.78, 5) is 11.2. The summed E-state index contributed by atoms with van der Waals surface area (Å²) in [6.45, 7) is 2.31. The lowest BCUT2D eigenvalue weighted by Gasteiger charge is -2.36. The minimum atomic E-state index is -3.60. The van der Waals surface area contributed by atoms with Gasteiger partial charge in [0.15, 0.2) is 0 Å². The maximum absolute atomic E-state index is 12.7. The van der Waals surface area contributed by atoms with E-state index in [1.54, 1.807) is 0 Å². The Hall–Kier alpha value is -1.44. The lowest BCUT2D eigenvalue weighted by atomic mass is 10.00. The summed E-state index contributed by atoms with van der Waals surface area (Å²) in [5.41, 5.74) is 11.4. The Bertz CT molecular complexity index is 611. The number of rotatable bonds is 4. The molecule has 1 aliphatic heterocycles. The largest absolute Gasteiger partial charge is 0.366 e. The molecule has 116 valence electrons. The molecule has 0 radical (unpaired) electrons. The van der Waals surface area contributed by atoms with Crippen LogP contribution >= 0.6 is 0 Å². The average Bonchev–Trinajstić information content (AvgIpc) is 2.47. The summed E-state index contributed by atoms with van der Waals surface area (Å²) in [7, 11) is -3.60. The number of benzene rings is 1. The highest BCUT2D eigenvalue weighted by Crippen LogP contribution is 2.26. The molecule has 1 amide bonds. The first kappa shape index (κ1) is 15.9. The summed E-state index contributed by atoms with van der Waals surface area (Å²) in [6, 6.07) is 5.30. The van der Waals surface area contributed by atoms with E-state index in [4.69, 9.17) is 11.5 Å². The molecule has 1 saturated heterocycles. The number of hydrogen-bond acceptors (Lipinski definition) is 4. The molecule has 0 aliphatic carbocycles. The smallest absolute Gasteiger partial charge is 0.248 e. The third-order valence-electron chi connectivity index (χ3n) is 3.85. The SMILES string of the molecule is C[C@@H](N)[C@H]1CCCCN1S(=O)(=O)c1ccc(C(N)=O)cc1. The van der Waals surface area contributed by atoms with Crippen LogP contribution in [0.4, 0.5) is 0 Å². The van der Waals surface area contributed by atoms with Gasteiger partial charge in [-0.1, -0.05) is 6.42 Å². The average molecular weight is 311 g/mol. The zero-order valence-corrected chi connectivity index (χ0v) is 12.8. The van der Waals surface area contributed by atoms with E-state index in [1.165, 1.54) is 28.6 Å². The van der Waals surface area contributed by atoms with E-state index in [1.807, 2.05) is 6.92 Å². The van der Waals surface area contributed by atoms with Crippen molar-refractivity contribution in [3.63, 3.8) is 0 Å². The fourth-order valence-electron chi connectivity index (χ4n) is 2.68. The Morgan fingerprint density at radius 1 is 1.29 bits per heavy atom. The van der Waals surface area contributed by atoms with Crippen LogP contribution in [0, 0.1) is 0 Å². The Morgan fingerprint density at radius 3 is 2.43 bits per heavy atom. The van der Waals surface area contributed by atoms with Crippen LogP contribution in [0.5, 0.6) is 0 Å². The molecule has 21 heavy (non-hydrogen) atoms. The standard InChI is InChI=1S/C14H21N3O3S/c1-10(15)13-4-2-3-9-17(13)21(19,20)12-7-5-11(6-8-12)14(16)18/h5-8,10,13H,2-4,9,15H2,1H3,(H2,16,18)/t10-,13-/m1/s1. The molecule has 0 aromatic heterocycles. The number of nitrogens with two attached hydrogens (primary N) is 2. The van der Waals surface area contributed by atoms with Gasteiger partial charge in [-0.25, -0.2) is 8.42 Å². The van der Waals surface area contributed by atoms with Gasteiger partial charge in [0, 0.05) is 24.2 Å². The second-order valence-electron chi connectivity index (χ2n) is 5.43. The number of primary amides is 1. The molecule has 2 rings (SSSR count). The molecular weight excluding hydrogens is 290 g/mol. The molecule has 0 spiro atoms. The van der Waals surface area contributed by atoms with E-state index in [9.17, 15) is 13.2 Å². The number of carbonyl (C=O) groups is 1. The Kier molecular flexibility index (Phi) is 4.65. The topological polar surface area (TPSA) is 106 Å². The summed E-state index contributed by atoms with van der Waals surface area (Å²) in [6.07, 6.45) is 2.59. The van der Waals surface area contributed by atoms with Gasteiger partial charge in [0.2, 0.25) is 15.9 Å². The van der Waals surface area contributed by atoms with E-state index < -0.39 is 15.9 Å². The van der Waals surface area contributed by atoms with E-state index in [2.05, 4.69) is 0 Å². The van der Waals surface area contributed by atoms with E-state index >= 15 is 0 Å². The third-order valence-corrected chi connectivity index (χ3v) is 5.79. The summed E-state index contributed by atoms with van der Waals surface area (Å²) in [5.74, 6) is -0.578. The molecule has 1 fully saturated rings. The Balaban J connectivity index is 2.33. The van der Waals surface area contributed by atoms with Gasteiger partial charge in [0.1, 0.15) is 0 Å². The van der Waals surface area contributed by atoms with Crippen LogP contribution < -0.4 is 11.5 Å². The number of amides is 1. The van der Waals surface area contributed by atoms with Gasteiger partial charge in [-0.3, -0.25) is 4.79 Å². The second kappa shape index (κ2) is 6.13. The van der Waals surface area contributed by atoms with Gasteiger partial charge in [0.25, 0.3) is 0 Å². The summed E-state index contributed by atoms with van der Waals surface area (Å²) >= 11 is 0. The summed E-state index contributed by atoms with van der Waals surface area (Å²) in [5, 5.41) is 0. The zero-order valence-electron chi connectivity index (χ0n) is 12.0. The van der Waals surface area contributed by atoms with Crippen molar-refractivity contribution >= 4 is 15.9 Å². The van der Waals surface area contributed by atoms with Crippen molar-refractivity contribution in [2.75, 3.05) is 6.54 Å². The molecule has 1 heterocycles. The predicted octanol–water partition coefficient (Wildman–Crippen LogP) is 0.676. The van der Waals surface area contributed by atoms with Gasteiger partial charge in [0.05, 0.1) is 4.90 Å². The predicted molar refractivity (Wildman–Crippen MR) is 80.1 cm³/mol. The first-order valence-corrected chi connectivity index (χ1v) is 8.45. The number of carbonyl (C=O) groups excluding carboxylic acids is 1. The van der Waals surface area contributed by atoms with Crippen molar-refractivity contribution in [2.24, 2.45) is 11.5 Å². The number of nitrogens with zero attached hydrogens (tertiary/aromatic N) is 1. The van der Waals surface area contributed by atoms with Gasteiger partial charge in [-0.2, -0.15) is 4.31 Å². The highest BCUT2D eigenvalue weighted by Gasteiger charge is 2.35. The van der Waals surface area contributed by atoms with Crippen molar-refractivity contribution in [3.8, 4) is 0 Å². The molecule has 2 atom stereocenters. The minimum Gasteiger partial charge on any atom is -0.366 e. The van der Waals surface area contributed by atoms with Crippen LogP contribution in [0.3, 0.4) is 0 Å². The quantitative estimate of drug-likeness (QED) is 0.852. The summed E-state index contributed by atoms with van der Waals surface area (Å²) < 4.78 is 27.0. The number of hydrogen-bond donors (Lipinski definition) is 2. The molecule has 7 heteroatoms. The van der Waals surface area contributed by atoms with Crippen molar-refractivity contribution in [1.29, 1.82) is 0 Å². The van der Waals surface area contributed by atoms with E-state index in [-0.39, 0.29) is 22.5 Å². The van der Waals surface area contributed by atoms with Crippen molar-refractivity contribution in [3.05, 3.63) is 29.8 Å².